The zero-order valence-electron chi connectivity index (χ0n) is 9.23. The van der Waals surface area contributed by atoms with Gasteiger partial charge in [-0.1, -0.05) is 13.8 Å². The first-order valence-electron chi connectivity index (χ1n) is 4.66. The normalized spacial score (nSPS) is 17.0. The van der Waals surface area contributed by atoms with Crippen LogP contribution in [0.15, 0.2) is 0 Å². The van der Waals surface area contributed by atoms with Crippen molar-refractivity contribution in [1.29, 1.82) is 0 Å². The van der Waals surface area contributed by atoms with Crippen molar-refractivity contribution in [2.24, 2.45) is 5.92 Å². The summed E-state index contributed by atoms with van der Waals surface area (Å²) < 4.78 is 26.8. The second-order valence-corrected chi connectivity index (χ2v) is 6.19. The minimum Gasteiger partial charge on any atom is -0.390 e. The average Bonchev–Trinajstić information content (AvgIpc) is 2.00. The summed E-state index contributed by atoms with van der Waals surface area (Å²) in [6.07, 6.45) is 0.387. The molecule has 14 heavy (non-hydrogen) atoms. The number of ether oxygens (including phenoxy) is 1. The summed E-state index contributed by atoms with van der Waals surface area (Å²) in [5.74, 6) is 0.176. The number of rotatable bonds is 6. The van der Waals surface area contributed by atoms with Gasteiger partial charge < -0.3 is 9.84 Å². The number of hydrogen-bond donors (Lipinski definition) is 1. The fourth-order valence-electron chi connectivity index (χ4n) is 1.37. The molecular weight excluding hydrogens is 204 g/mol. The van der Waals surface area contributed by atoms with E-state index in [2.05, 4.69) is 0 Å². The maximum absolute atomic E-state index is 10.9. The highest BCUT2D eigenvalue weighted by Gasteiger charge is 2.22. The Labute approximate surface area is 86.2 Å². The molecule has 0 rings (SSSR count). The number of aliphatic hydroxyl groups is 1. The quantitative estimate of drug-likeness (QED) is 0.711. The van der Waals surface area contributed by atoms with E-state index < -0.39 is 15.9 Å². The van der Waals surface area contributed by atoms with Gasteiger partial charge in [0, 0.05) is 13.4 Å². The smallest absolute Gasteiger partial charge is 0.147 e. The Balaban J connectivity index is 4.12. The SMILES string of the molecule is COC(C(C)C)C(O)CCS(C)(=O)=O. The zero-order valence-corrected chi connectivity index (χ0v) is 10.0. The van der Waals surface area contributed by atoms with Crippen LogP contribution in [0.4, 0.5) is 0 Å². The molecule has 0 aliphatic carbocycles. The highest BCUT2D eigenvalue weighted by molar-refractivity contribution is 7.90. The molecule has 0 aliphatic heterocycles. The molecule has 0 aliphatic rings. The van der Waals surface area contributed by atoms with Crippen molar-refractivity contribution in [1.82, 2.24) is 0 Å². The molecule has 0 fully saturated rings. The lowest BCUT2D eigenvalue weighted by molar-refractivity contribution is -0.0382. The zero-order chi connectivity index (χ0) is 11.4. The molecule has 0 heterocycles. The Morgan fingerprint density at radius 3 is 2.14 bits per heavy atom. The molecule has 0 spiro atoms. The molecular formula is C9H20O4S. The van der Waals surface area contributed by atoms with E-state index in [0.717, 1.165) is 6.26 Å². The lowest BCUT2D eigenvalue weighted by Crippen LogP contribution is -2.34. The van der Waals surface area contributed by atoms with Crippen molar-refractivity contribution < 1.29 is 18.3 Å². The van der Waals surface area contributed by atoms with E-state index in [1.807, 2.05) is 13.8 Å². The van der Waals surface area contributed by atoms with Gasteiger partial charge in [0.1, 0.15) is 9.84 Å². The highest BCUT2D eigenvalue weighted by Crippen LogP contribution is 2.13. The van der Waals surface area contributed by atoms with Crippen molar-refractivity contribution in [3.63, 3.8) is 0 Å². The van der Waals surface area contributed by atoms with Gasteiger partial charge in [-0.25, -0.2) is 8.42 Å². The van der Waals surface area contributed by atoms with Crippen molar-refractivity contribution in [3.8, 4) is 0 Å². The van der Waals surface area contributed by atoms with Crippen LogP contribution in [0.1, 0.15) is 20.3 Å². The summed E-state index contributed by atoms with van der Waals surface area (Å²) in [5.41, 5.74) is 0. The molecule has 0 aromatic heterocycles. The van der Waals surface area contributed by atoms with Crippen LogP contribution >= 0.6 is 0 Å². The standard InChI is InChI=1S/C9H20O4S/c1-7(2)9(13-3)8(10)5-6-14(4,11)12/h7-10H,5-6H2,1-4H3. The van der Waals surface area contributed by atoms with Crippen LogP contribution < -0.4 is 0 Å². The van der Waals surface area contributed by atoms with E-state index in [1.165, 1.54) is 7.11 Å². The minimum absolute atomic E-state index is 0.000741. The minimum atomic E-state index is -3.00. The molecule has 0 amide bonds. The lowest BCUT2D eigenvalue weighted by Gasteiger charge is -2.24. The molecule has 86 valence electrons. The van der Waals surface area contributed by atoms with Crippen LogP contribution in [0.3, 0.4) is 0 Å². The summed E-state index contributed by atoms with van der Waals surface area (Å²) in [4.78, 5) is 0. The Morgan fingerprint density at radius 2 is 1.86 bits per heavy atom. The third kappa shape index (κ3) is 5.57. The highest BCUT2D eigenvalue weighted by atomic mass is 32.2. The van der Waals surface area contributed by atoms with Crippen LogP contribution in [0.5, 0.6) is 0 Å². The monoisotopic (exact) mass is 224 g/mol. The largest absolute Gasteiger partial charge is 0.390 e. The second kappa shape index (κ2) is 5.68. The number of sulfone groups is 1. The molecule has 4 nitrogen and oxygen atoms in total. The van der Waals surface area contributed by atoms with E-state index >= 15 is 0 Å². The Kier molecular flexibility index (Phi) is 5.63. The summed E-state index contributed by atoms with van der Waals surface area (Å²) in [6, 6.07) is 0. The van der Waals surface area contributed by atoms with Crippen LogP contribution in [0, 0.1) is 5.92 Å². The molecule has 5 heteroatoms. The van der Waals surface area contributed by atoms with Crippen LogP contribution in [0.2, 0.25) is 0 Å². The topological polar surface area (TPSA) is 63.6 Å². The van der Waals surface area contributed by atoms with Crippen LogP contribution in [-0.4, -0.2) is 44.9 Å². The first-order valence-corrected chi connectivity index (χ1v) is 6.72. The predicted molar refractivity (Wildman–Crippen MR) is 56.0 cm³/mol. The molecule has 0 saturated carbocycles. The summed E-state index contributed by atoms with van der Waals surface area (Å²) in [5, 5.41) is 9.65. The fraction of sp³-hybridized carbons (Fsp3) is 1.00. The van der Waals surface area contributed by atoms with Crippen molar-refractivity contribution >= 4 is 9.84 Å². The van der Waals surface area contributed by atoms with E-state index in [0.29, 0.717) is 0 Å². The van der Waals surface area contributed by atoms with Crippen molar-refractivity contribution in [2.75, 3.05) is 19.1 Å². The molecule has 0 aromatic carbocycles. The van der Waals surface area contributed by atoms with Gasteiger partial charge in [-0.15, -0.1) is 0 Å². The van der Waals surface area contributed by atoms with Crippen LogP contribution in [0.25, 0.3) is 0 Å². The Hall–Kier alpha value is -0.130. The second-order valence-electron chi connectivity index (χ2n) is 3.93. The van der Waals surface area contributed by atoms with Crippen LogP contribution in [-0.2, 0) is 14.6 Å². The molecule has 0 radical (unpaired) electrons. The molecule has 1 N–H and O–H groups in total. The summed E-state index contributed by atoms with van der Waals surface area (Å²) in [7, 11) is -1.48. The third-order valence-electron chi connectivity index (χ3n) is 2.09. The Bertz CT molecular complexity index is 246. The first kappa shape index (κ1) is 13.9. The van der Waals surface area contributed by atoms with Gasteiger partial charge in [0.15, 0.2) is 0 Å². The van der Waals surface area contributed by atoms with Gasteiger partial charge in [-0.3, -0.25) is 0 Å². The maximum atomic E-state index is 10.9. The molecule has 0 bridgehead atoms. The van der Waals surface area contributed by atoms with E-state index in [9.17, 15) is 13.5 Å². The summed E-state index contributed by atoms with van der Waals surface area (Å²) >= 11 is 0. The lowest BCUT2D eigenvalue weighted by atomic mass is 10.0. The number of aliphatic hydroxyl groups excluding tert-OH is 1. The molecule has 2 atom stereocenters. The number of methoxy groups -OCH3 is 1. The van der Waals surface area contributed by atoms with E-state index in [1.54, 1.807) is 0 Å². The van der Waals surface area contributed by atoms with Gasteiger partial charge in [0.05, 0.1) is 18.0 Å². The van der Waals surface area contributed by atoms with Gasteiger partial charge in [0.2, 0.25) is 0 Å². The third-order valence-corrected chi connectivity index (χ3v) is 3.07. The predicted octanol–water partition coefficient (Wildman–Crippen LogP) is 0.453. The first-order chi connectivity index (χ1) is 6.28. The molecule has 0 saturated heterocycles. The molecule has 0 aromatic rings. The Morgan fingerprint density at radius 1 is 1.36 bits per heavy atom. The molecule has 2 unspecified atom stereocenters. The van der Waals surface area contributed by atoms with Gasteiger partial charge in [-0.05, 0) is 12.3 Å². The number of hydrogen-bond acceptors (Lipinski definition) is 4. The van der Waals surface area contributed by atoms with Crippen molar-refractivity contribution in [3.05, 3.63) is 0 Å². The van der Waals surface area contributed by atoms with E-state index in [4.69, 9.17) is 4.74 Å². The van der Waals surface area contributed by atoms with E-state index in [-0.39, 0.29) is 24.2 Å². The van der Waals surface area contributed by atoms with Crippen molar-refractivity contribution in [2.45, 2.75) is 32.5 Å². The van der Waals surface area contributed by atoms with Gasteiger partial charge >= 0.3 is 0 Å². The van der Waals surface area contributed by atoms with Gasteiger partial charge in [-0.2, -0.15) is 0 Å². The average molecular weight is 224 g/mol. The fourth-order valence-corrected chi connectivity index (χ4v) is 2.04. The summed E-state index contributed by atoms with van der Waals surface area (Å²) in [6.45, 7) is 3.86. The van der Waals surface area contributed by atoms with Gasteiger partial charge in [0.25, 0.3) is 0 Å². The maximum Gasteiger partial charge on any atom is 0.147 e.